The molecule has 0 radical (unpaired) electrons. The van der Waals surface area contributed by atoms with Gasteiger partial charge in [-0.2, -0.15) is 4.98 Å². The highest BCUT2D eigenvalue weighted by Crippen LogP contribution is 2.30. The lowest BCUT2D eigenvalue weighted by Crippen LogP contribution is -2.42. The van der Waals surface area contributed by atoms with Crippen LogP contribution in [0.5, 0.6) is 0 Å². The highest BCUT2D eigenvalue weighted by Gasteiger charge is 2.27. The molecule has 1 aromatic rings. The Labute approximate surface area is 99.5 Å². The van der Waals surface area contributed by atoms with Crippen LogP contribution in [0.1, 0.15) is 25.7 Å². The van der Waals surface area contributed by atoms with E-state index in [1.54, 1.807) is 0 Å². The summed E-state index contributed by atoms with van der Waals surface area (Å²) in [6.07, 6.45) is 4.92. The van der Waals surface area contributed by atoms with Crippen LogP contribution in [0.4, 0.5) is 16.2 Å². The number of hydrogen-bond acceptors (Lipinski definition) is 5. The molecular formula is C11H17FN4O. The smallest absolute Gasteiger partial charge is 0.222 e. The lowest BCUT2D eigenvalue weighted by molar-refractivity contribution is 0.282. The zero-order valence-electron chi connectivity index (χ0n) is 9.64. The summed E-state index contributed by atoms with van der Waals surface area (Å²) in [6.45, 7) is 0.681. The molecule has 0 bridgehead atoms. The van der Waals surface area contributed by atoms with Gasteiger partial charge in [0.1, 0.15) is 0 Å². The second-order valence-electron chi connectivity index (χ2n) is 4.26. The van der Waals surface area contributed by atoms with Crippen LogP contribution in [-0.2, 0) is 0 Å². The van der Waals surface area contributed by atoms with Gasteiger partial charge >= 0.3 is 0 Å². The minimum absolute atomic E-state index is 0.0784. The maximum absolute atomic E-state index is 13.7. The van der Waals surface area contributed by atoms with Crippen molar-refractivity contribution in [2.24, 2.45) is 0 Å². The summed E-state index contributed by atoms with van der Waals surface area (Å²) in [5.74, 6) is -0.116. The van der Waals surface area contributed by atoms with Gasteiger partial charge < -0.3 is 15.7 Å². The van der Waals surface area contributed by atoms with Gasteiger partial charge in [0.2, 0.25) is 5.95 Å². The van der Waals surface area contributed by atoms with E-state index in [2.05, 4.69) is 9.97 Å². The van der Waals surface area contributed by atoms with Crippen molar-refractivity contribution in [1.82, 2.24) is 9.97 Å². The Kier molecular flexibility index (Phi) is 3.73. The van der Waals surface area contributed by atoms with Crippen LogP contribution in [0.3, 0.4) is 0 Å². The van der Waals surface area contributed by atoms with Gasteiger partial charge in [-0.1, -0.05) is 0 Å². The van der Waals surface area contributed by atoms with E-state index in [0.717, 1.165) is 25.5 Å². The van der Waals surface area contributed by atoms with Crippen LogP contribution < -0.4 is 10.6 Å². The minimum Gasteiger partial charge on any atom is -0.396 e. The Bertz CT molecular complexity index is 384. The summed E-state index contributed by atoms with van der Waals surface area (Å²) in [7, 11) is 0. The molecule has 2 rings (SSSR count). The average molecular weight is 240 g/mol. The standard InChI is InChI=1S/C11H17FN4O/c12-9-7-14-11(13)15-10(9)16(5-2-6-17)8-3-1-4-8/h7-8,17H,1-6H2,(H2,13,14,15). The molecule has 3 N–H and O–H groups in total. The van der Waals surface area contributed by atoms with Crippen molar-refractivity contribution >= 4 is 11.8 Å². The normalized spacial score (nSPS) is 15.6. The number of nitrogens with zero attached hydrogens (tertiary/aromatic N) is 3. The number of hydrogen-bond donors (Lipinski definition) is 2. The molecule has 0 aliphatic heterocycles. The largest absolute Gasteiger partial charge is 0.396 e. The quantitative estimate of drug-likeness (QED) is 0.801. The highest BCUT2D eigenvalue weighted by molar-refractivity contribution is 5.44. The van der Waals surface area contributed by atoms with Crippen molar-refractivity contribution in [2.45, 2.75) is 31.7 Å². The summed E-state index contributed by atoms with van der Waals surface area (Å²) >= 11 is 0. The van der Waals surface area contributed by atoms with E-state index in [-0.39, 0.29) is 18.4 Å². The van der Waals surface area contributed by atoms with Crippen LogP contribution in [0.25, 0.3) is 0 Å². The molecule has 1 saturated carbocycles. The maximum Gasteiger partial charge on any atom is 0.222 e. The van der Waals surface area contributed by atoms with E-state index >= 15 is 0 Å². The summed E-state index contributed by atoms with van der Waals surface area (Å²) < 4.78 is 13.7. The molecule has 0 amide bonds. The molecule has 1 aliphatic rings. The molecule has 0 spiro atoms. The number of aliphatic hydroxyl groups excluding tert-OH is 1. The number of nitrogen functional groups attached to an aromatic ring is 1. The van der Waals surface area contributed by atoms with Gasteiger partial charge in [-0.3, -0.25) is 0 Å². The predicted octanol–water partition coefficient (Wildman–Crippen LogP) is 0.939. The molecule has 1 aliphatic carbocycles. The number of halogens is 1. The second-order valence-corrected chi connectivity index (χ2v) is 4.26. The molecule has 0 unspecified atom stereocenters. The number of rotatable bonds is 5. The number of aliphatic hydroxyl groups is 1. The molecule has 5 nitrogen and oxygen atoms in total. The van der Waals surface area contributed by atoms with Gasteiger partial charge in [-0.15, -0.1) is 0 Å². The van der Waals surface area contributed by atoms with E-state index < -0.39 is 5.82 Å². The summed E-state index contributed by atoms with van der Waals surface area (Å²) in [5, 5.41) is 8.88. The lowest BCUT2D eigenvalue weighted by atomic mass is 9.91. The minimum atomic E-state index is -0.455. The van der Waals surface area contributed by atoms with Crippen molar-refractivity contribution in [2.75, 3.05) is 23.8 Å². The fourth-order valence-corrected chi connectivity index (χ4v) is 1.97. The van der Waals surface area contributed by atoms with Crippen molar-refractivity contribution in [3.05, 3.63) is 12.0 Å². The predicted molar refractivity (Wildman–Crippen MR) is 63.1 cm³/mol. The third-order valence-corrected chi connectivity index (χ3v) is 3.09. The molecule has 94 valence electrons. The maximum atomic E-state index is 13.7. The molecule has 0 aromatic carbocycles. The lowest BCUT2D eigenvalue weighted by Gasteiger charge is -2.38. The monoisotopic (exact) mass is 240 g/mol. The van der Waals surface area contributed by atoms with Crippen LogP contribution in [0, 0.1) is 5.82 Å². The van der Waals surface area contributed by atoms with Crippen molar-refractivity contribution in [3.63, 3.8) is 0 Å². The SMILES string of the molecule is Nc1ncc(F)c(N(CCCO)C2CCC2)n1. The molecular weight excluding hydrogens is 223 g/mol. The average Bonchev–Trinajstić information content (AvgIpc) is 2.25. The van der Waals surface area contributed by atoms with Gasteiger partial charge in [0.05, 0.1) is 6.20 Å². The summed E-state index contributed by atoms with van der Waals surface area (Å²) in [5.41, 5.74) is 5.49. The summed E-state index contributed by atoms with van der Waals surface area (Å²) in [6, 6.07) is 0.311. The Balaban J connectivity index is 2.20. The van der Waals surface area contributed by atoms with E-state index in [4.69, 9.17) is 10.8 Å². The highest BCUT2D eigenvalue weighted by atomic mass is 19.1. The first-order chi connectivity index (χ1) is 8.22. The first-order valence-corrected chi connectivity index (χ1v) is 5.88. The third-order valence-electron chi connectivity index (χ3n) is 3.09. The Morgan fingerprint density at radius 1 is 1.53 bits per heavy atom. The van der Waals surface area contributed by atoms with Crippen LogP contribution in [-0.4, -0.2) is 34.3 Å². The van der Waals surface area contributed by atoms with Crippen molar-refractivity contribution in [3.8, 4) is 0 Å². The van der Waals surface area contributed by atoms with Gasteiger partial charge in [0.25, 0.3) is 0 Å². The van der Waals surface area contributed by atoms with Gasteiger partial charge in [0.15, 0.2) is 11.6 Å². The van der Waals surface area contributed by atoms with Gasteiger partial charge in [0, 0.05) is 19.2 Å². The molecule has 1 heterocycles. The Morgan fingerprint density at radius 3 is 2.88 bits per heavy atom. The van der Waals surface area contributed by atoms with Crippen LogP contribution >= 0.6 is 0 Å². The van der Waals surface area contributed by atoms with Crippen LogP contribution in [0.2, 0.25) is 0 Å². The number of anilines is 2. The van der Waals surface area contributed by atoms with Gasteiger partial charge in [-0.05, 0) is 25.7 Å². The van der Waals surface area contributed by atoms with Gasteiger partial charge in [-0.25, -0.2) is 9.37 Å². The van der Waals surface area contributed by atoms with E-state index in [9.17, 15) is 4.39 Å². The van der Waals surface area contributed by atoms with E-state index in [0.29, 0.717) is 19.0 Å². The van der Waals surface area contributed by atoms with Crippen molar-refractivity contribution in [1.29, 1.82) is 0 Å². The third kappa shape index (κ3) is 2.63. The first kappa shape index (κ1) is 12.0. The topological polar surface area (TPSA) is 75.3 Å². The molecule has 0 atom stereocenters. The molecule has 17 heavy (non-hydrogen) atoms. The van der Waals surface area contributed by atoms with E-state index in [1.165, 1.54) is 0 Å². The van der Waals surface area contributed by atoms with E-state index in [1.807, 2.05) is 4.90 Å². The fourth-order valence-electron chi connectivity index (χ4n) is 1.97. The number of aromatic nitrogens is 2. The molecule has 0 saturated heterocycles. The molecule has 6 heteroatoms. The first-order valence-electron chi connectivity index (χ1n) is 5.88. The van der Waals surface area contributed by atoms with Crippen LogP contribution in [0.15, 0.2) is 6.20 Å². The Morgan fingerprint density at radius 2 is 2.29 bits per heavy atom. The number of nitrogens with two attached hydrogens (primary N) is 1. The zero-order valence-corrected chi connectivity index (χ0v) is 9.64. The van der Waals surface area contributed by atoms with Crippen molar-refractivity contribution < 1.29 is 9.50 Å². The molecule has 1 fully saturated rings. The Hall–Kier alpha value is -1.43. The summed E-state index contributed by atoms with van der Waals surface area (Å²) in [4.78, 5) is 9.48. The second kappa shape index (κ2) is 5.27. The molecule has 1 aromatic heterocycles. The fraction of sp³-hybridized carbons (Fsp3) is 0.636. The zero-order chi connectivity index (χ0) is 12.3.